The summed E-state index contributed by atoms with van der Waals surface area (Å²) in [5, 5.41) is 0. The maximum atomic E-state index is 9.88. The monoisotopic (exact) mass is 168 g/mol. The molecule has 0 atom stereocenters. The van der Waals surface area contributed by atoms with Crippen molar-refractivity contribution < 1.29 is 4.79 Å². The van der Waals surface area contributed by atoms with Gasteiger partial charge in [-0.1, -0.05) is 12.2 Å². The smallest absolute Gasteiger partial charge is 0.150 e. The molecule has 0 rings (SSSR count). The molecule has 2 heteroatoms. The van der Waals surface area contributed by atoms with Gasteiger partial charge >= 0.3 is 0 Å². The summed E-state index contributed by atoms with van der Waals surface area (Å²) in [7, 11) is 0. The zero-order chi connectivity index (χ0) is 8.53. The van der Waals surface area contributed by atoms with Gasteiger partial charge in [0.25, 0.3) is 0 Å². The third-order valence-electron chi connectivity index (χ3n) is 1.01. The molecular weight excluding hydrogens is 156 g/mol. The highest BCUT2D eigenvalue weighted by molar-refractivity contribution is 7.98. The minimum atomic E-state index is 0.728. The lowest BCUT2D eigenvalue weighted by atomic mass is 10.3. The molecule has 1 nitrogen and oxygen atoms in total. The molecule has 0 unspecified atom stereocenters. The molecule has 0 aliphatic rings. The molecule has 0 amide bonds. The first-order valence-corrected chi connectivity index (χ1v) is 4.73. The quantitative estimate of drug-likeness (QED) is 0.277. The van der Waals surface area contributed by atoms with E-state index in [1.165, 1.54) is 6.08 Å². The van der Waals surface area contributed by atoms with Crippen LogP contribution in [0, 0.1) is 0 Å². The molecule has 0 spiro atoms. The lowest BCUT2D eigenvalue weighted by Crippen LogP contribution is -1.68. The Hall–Kier alpha value is -0.720. The van der Waals surface area contributed by atoms with E-state index in [4.69, 9.17) is 0 Å². The van der Waals surface area contributed by atoms with Crippen molar-refractivity contribution in [3.05, 3.63) is 29.5 Å². The fraction of sp³-hybridized carbons (Fsp3) is 0.333. The predicted octanol–water partition coefficient (Wildman–Crippen LogP) is 2.21. The molecular formula is C9H12OS. The van der Waals surface area contributed by atoms with Crippen LogP contribution in [0.2, 0.25) is 0 Å². The van der Waals surface area contributed by atoms with Crippen LogP contribution in [0.4, 0.5) is 0 Å². The van der Waals surface area contributed by atoms with Gasteiger partial charge < -0.3 is 0 Å². The van der Waals surface area contributed by atoms with Gasteiger partial charge in [0.1, 0.15) is 0 Å². The number of rotatable bonds is 4. The van der Waals surface area contributed by atoms with E-state index in [0.29, 0.717) is 0 Å². The van der Waals surface area contributed by atoms with Gasteiger partial charge in [-0.2, -0.15) is 11.8 Å². The van der Waals surface area contributed by atoms with E-state index in [9.17, 15) is 4.79 Å². The standard InChI is InChI=1S/C9H12OS/c1-9(5-3-7-10)6-4-8-11-2/h3-4,6-7H,8H2,1-2H3. The molecule has 0 radical (unpaired) electrons. The second-order valence-corrected chi connectivity index (χ2v) is 2.90. The van der Waals surface area contributed by atoms with Crippen molar-refractivity contribution >= 4 is 18.0 Å². The molecule has 0 aliphatic carbocycles. The Balaban J connectivity index is 3.94. The van der Waals surface area contributed by atoms with Gasteiger partial charge in [-0.15, -0.1) is 5.73 Å². The molecule has 0 heterocycles. The first-order chi connectivity index (χ1) is 5.31. The Morgan fingerprint density at radius 2 is 2.36 bits per heavy atom. The van der Waals surface area contributed by atoms with E-state index in [-0.39, 0.29) is 0 Å². The molecule has 0 aliphatic heterocycles. The summed E-state index contributed by atoms with van der Waals surface area (Å²) in [6, 6.07) is 0. The van der Waals surface area contributed by atoms with Gasteiger partial charge in [0, 0.05) is 11.8 Å². The van der Waals surface area contributed by atoms with Crippen molar-refractivity contribution in [3.63, 3.8) is 0 Å². The average Bonchev–Trinajstić information content (AvgIpc) is 2.01. The minimum Gasteiger partial charge on any atom is -0.298 e. The molecule has 11 heavy (non-hydrogen) atoms. The molecule has 0 saturated carbocycles. The normalized spacial score (nSPS) is 9.27. The van der Waals surface area contributed by atoms with Gasteiger partial charge in [0.05, 0.1) is 0 Å². The van der Waals surface area contributed by atoms with E-state index >= 15 is 0 Å². The second kappa shape index (κ2) is 7.39. The number of hydrogen-bond donors (Lipinski definition) is 0. The highest BCUT2D eigenvalue weighted by Crippen LogP contribution is 1.96. The number of allylic oxidation sites excluding steroid dienone is 2. The molecule has 0 saturated heterocycles. The third-order valence-corrected chi connectivity index (χ3v) is 1.54. The summed E-state index contributed by atoms with van der Waals surface area (Å²) in [5.74, 6) is 1.00. The minimum absolute atomic E-state index is 0.728. The highest BCUT2D eigenvalue weighted by Gasteiger charge is 1.76. The van der Waals surface area contributed by atoms with Crippen LogP contribution in [-0.4, -0.2) is 18.3 Å². The van der Waals surface area contributed by atoms with Gasteiger partial charge in [0.2, 0.25) is 0 Å². The molecule has 0 aromatic heterocycles. The van der Waals surface area contributed by atoms with Gasteiger partial charge in [-0.05, 0) is 18.8 Å². The van der Waals surface area contributed by atoms with Crippen LogP contribution < -0.4 is 0 Å². The summed E-state index contributed by atoms with van der Waals surface area (Å²) in [6.45, 7) is 1.91. The van der Waals surface area contributed by atoms with Crippen molar-refractivity contribution in [2.75, 3.05) is 12.0 Å². The van der Waals surface area contributed by atoms with Gasteiger partial charge in [-0.3, -0.25) is 4.79 Å². The summed E-state index contributed by atoms with van der Waals surface area (Å²) in [6.07, 6.45) is 8.15. The highest BCUT2D eigenvalue weighted by atomic mass is 32.2. The Labute approximate surface area is 71.9 Å². The first-order valence-electron chi connectivity index (χ1n) is 3.33. The van der Waals surface area contributed by atoms with Crippen LogP contribution in [0.5, 0.6) is 0 Å². The Morgan fingerprint density at radius 3 is 2.91 bits per heavy atom. The van der Waals surface area contributed by atoms with E-state index in [0.717, 1.165) is 17.6 Å². The largest absolute Gasteiger partial charge is 0.298 e. The summed E-state index contributed by atoms with van der Waals surface area (Å²) in [5.41, 5.74) is 3.80. The lowest BCUT2D eigenvalue weighted by molar-refractivity contribution is -0.104. The Morgan fingerprint density at radius 1 is 1.64 bits per heavy atom. The van der Waals surface area contributed by atoms with Crippen LogP contribution >= 0.6 is 11.8 Å². The maximum absolute atomic E-state index is 9.88. The third kappa shape index (κ3) is 7.17. The number of hydrogen-bond acceptors (Lipinski definition) is 2. The van der Waals surface area contributed by atoms with Crippen LogP contribution in [0.3, 0.4) is 0 Å². The molecule has 0 N–H and O–H groups in total. The van der Waals surface area contributed by atoms with Crippen LogP contribution in [0.25, 0.3) is 0 Å². The van der Waals surface area contributed by atoms with Gasteiger partial charge in [0.15, 0.2) is 6.29 Å². The van der Waals surface area contributed by atoms with Crippen LogP contribution in [-0.2, 0) is 4.79 Å². The molecule has 0 aromatic carbocycles. The van der Waals surface area contributed by atoms with Crippen molar-refractivity contribution in [3.8, 4) is 0 Å². The van der Waals surface area contributed by atoms with Crippen molar-refractivity contribution in [2.24, 2.45) is 0 Å². The number of carbonyl (C=O) groups is 1. The molecule has 60 valence electrons. The van der Waals surface area contributed by atoms with E-state index in [1.54, 1.807) is 11.8 Å². The maximum Gasteiger partial charge on any atom is 0.150 e. The number of aldehydes is 1. The number of thioether (sulfide) groups is 1. The molecule has 0 bridgehead atoms. The SMILES string of the molecule is CSCC=CC(C)=C=CC=O. The average molecular weight is 168 g/mol. The number of carbonyl (C=O) groups excluding carboxylic acids is 1. The molecule has 0 fully saturated rings. The van der Waals surface area contributed by atoms with Gasteiger partial charge in [-0.25, -0.2) is 0 Å². The first kappa shape index (κ1) is 10.3. The predicted molar refractivity (Wildman–Crippen MR) is 50.9 cm³/mol. The molecule has 0 aromatic rings. The topological polar surface area (TPSA) is 17.1 Å². The lowest BCUT2D eigenvalue weighted by Gasteiger charge is -1.84. The summed E-state index contributed by atoms with van der Waals surface area (Å²) < 4.78 is 0. The fourth-order valence-corrected chi connectivity index (χ4v) is 0.823. The van der Waals surface area contributed by atoms with Crippen molar-refractivity contribution in [1.82, 2.24) is 0 Å². The zero-order valence-corrected chi connectivity index (χ0v) is 7.65. The Kier molecular flexibility index (Phi) is 6.90. The fourth-order valence-electron chi connectivity index (χ4n) is 0.535. The van der Waals surface area contributed by atoms with E-state index in [1.807, 2.05) is 25.3 Å². The second-order valence-electron chi connectivity index (χ2n) is 1.99. The zero-order valence-electron chi connectivity index (χ0n) is 6.83. The van der Waals surface area contributed by atoms with Crippen molar-refractivity contribution in [2.45, 2.75) is 6.92 Å². The van der Waals surface area contributed by atoms with Crippen LogP contribution in [0.1, 0.15) is 6.92 Å². The summed E-state index contributed by atoms with van der Waals surface area (Å²) in [4.78, 5) is 9.88. The summed E-state index contributed by atoms with van der Waals surface area (Å²) >= 11 is 1.76. The van der Waals surface area contributed by atoms with Crippen LogP contribution in [0.15, 0.2) is 29.5 Å². The van der Waals surface area contributed by atoms with E-state index < -0.39 is 0 Å². The van der Waals surface area contributed by atoms with Crippen molar-refractivity contribution in [1.29, 1.82) is 0 Å². The van der Waals surface area contributed by atoms with E-state index in [2.05, 4.69) is 5.73 Å². The Bertz CT molecular complexity index is 198.